The molecule has 0 aromatic heterocycles. The van der Waals surface area contributed by atoms with Crippen LogP contribution in [0.5, 0.6) is 0 Å². The molecule has 2 fully saturated rings. The van der Waals surface area contributed by atoms with Gasteiger partial charge in [-0.1, -0.05) is 44.5 Å². The van der Waals surface area contributed by atoms with Crippen molar-refractivity contribution in [2.75, 3.05) is 0 Å². The molecule has 0 N–H and O–H groups in total. The van der Waals surface area contributed by atoms with Gasteiger partial charge in [-0.3, -0.25) is 4.79 Å². The number of hydrogen-bond donors (Lipinski definition) is 0. The van der Waals surface area contributed by atoms with Gasteiger partial charge in [0.2, 0.25) is 0 Å². The summed E-state index contributed by atoms with van der Waals surface area (Å²) in [4.78, 5) is 12.6. The first-order chi connectivity index (χ1) is 9.19. The summed E-state index contributed by atoms with van der Waals surface area (Å²) in [6.45, 7) is 4.45. The Labute approximate surface area is 116 Å². The highest BCUT2D eigenvalue weighted by molar-refractivity contribution is 5.98. The largest absolute Gasteiger partial charge is 0.294 e. The number of hydrogen-bond acceptors (Lipinski definition) is 1. The first-order valence-electron chi connectivity index (χ1n) is 7.83. The van der Waals surface area contributed by atoms with E-state index in [9.17, 15) is 4.79 Å². The van der Waals surface area contributed by atoms with Gasteiger partial charge in [-0.05, 0) is 49.0 Å². The molecule has 1 heteroatoms. The highest BCUT2D eigenvalue weighted by Crippen LogP contribution is 2.49. The van der Waals surface area contributed by atoms with Crippen LogP contribution in [0.4, 0.5) is 0 Å². The number of Topliss-reactive ketones (excluding diaryl/α,β-unsaturated/α-hetero) is 1. The van der Waals surface area contributed by atoms with Crippen molar-refractivity contribution in [2.24, 2.45) is 17.8 Å². The molecule has 102 valence electrons. The van der Waals surface area contributed by atoms with Crippen molar-refractivity contribution in [3.05, 3.63) is 35.4 Å². The third-order valence-electron chi connectivity index (χ3n) is 5.45. The standard InChI is InChI=1S/C18H24O/c1-3-12(2)14-6-8-15(9-7-14)18(19)17-11-13-4-5-16(17)10-13/h6-9,12-13,16-17H,3-5,10-11H2,1-2H3. The van der Waals surface area contributed by atoms with Gasteiger partial charge in [-0.25, -0.2) is 0 Å². The van der Waals surface area contributed by atoms with Crippen molar-refractivity contribution >= 4 is 5.78 Å². The quantitative estimate of drug-likeness (QED) is 0.706. The maximum Gasteiger partial charge on any atom is 0.166 e. The highest BCUT2D eigenvalue weighted by Gasteiger charge is 2.43. The fourth-order valence-electron chi connectivity index (χ4n) is 3.99. The molecule has 4 atom stereocenters. The van der Waals surface area contributed by atoms with Gasteiger partial charge in [0.25, 0.3) is 0 Å². The number of ketones is 1. The zero-order chi connectivity index (χ0) is 13.4. The van der Waals surface area contributed by atoms with Crippen molar-refractivity contribution in [1.29, 1.82) is 0 Å². The molecule has 2 saturated carbocycles. The minimum absolute atomic E-state index is 0.327. The SMILES string of the molecule is CCC(C)c1ccc(C(=O)C2CC3CCC2C3)cc1. The van der Waals surface area contributed by atoms with E-state index in [0.717, 1.165) is 24.3 Å². The third-order valence-corrected chi connectivity index (χ3v) is 5.45. The predicted octanol–water partition coefficient (Wildman–Crippen LogP) is 4.82. The van der Waals surface area contributed by atoms with E-state index < -0.39 is 0 Å². The van der Waals surface area contributed by atoms with Gasteiger partial charge >= 0.3 is 0 Å². The molecule has 0 aliphatic heterocycles. The Balaban J connectivity index is 1.73. The summed E-state index contributed by atoms with van der Waals surface area (Å²) in [7, 11) is 0. The van der Waals surface area contributed by atoms with Crippen LogP contribution >= 0.6 is 0 Å². The van der Waals surface area contributed by atoms with Crippen LogP contribution < -0.4 is 0 Å². The Bertz CT molecular complexity index is 459. The van der Waals surface area contributed by atoms with E-state index in [2.05, 4.69) is 38.1 Å². The van der Waals surface area contributed by atoms with Crippen LogP contribution in [0.2, 0.25) is 0 Å². The van der Waals surface area contributed by atoms with Crippen molar-refractivity contribution in [3.63, 3.8) is 0 Å². The summed E-state index contributed by atoms with van der Waals surface area (Å²) >= 11 is 0. The molecule has 2 aliphatic carbocycles. The monoisotopic (exact) mass is 256 g/mol. The van der Waals surface area contributed by atoms with Gasteiger partial charge < -0.3 is 0 Å². The Morgan fingerprint density at radius 1 is 1.21 bits per heavy atom. The molecule has 2 bridgehead atoms. The summed E-state index contributed by atoms with van der Waals surface area (Å²) in [5.41, 5.74) is 2.29. The van der Waals surface area contributed by atoms with Gasteiger partial charge in [0.05, 0.1) is 0 Å². The minimum atomic E-state index is 0.327. The lowest BCUT2D eigenvalue weighted by atomic mass is 9.83. The second-order valence-corrected chi connectivity index (χ2v) is 6.58. The molecule has 19 heavy (non-hydrogen) atoms. The lowest BCUT2D eigenvalue weighted by Crippen LogP contribution is -2.21. The van der Waals surface area contributed by atoms with Crippen LogP contribution in [-0.4, -0.2) is 5.78 Å². The fourth-order valence-corrected chi connectivity index (χ4v) is 3.99. The third kappa shape index (κ3) is 2.35. The lowest BCUT2D eigenvalue weighted by Gasteiger charge is -2.20. The molecule has 0 saturated heterocycles. The molecule has 1 aromatic rings. The number of carbonyl (C=O) groups excluding carboxylic acids is 1. The Morgan fingerprint density at radius 3 is 2.47 bits per heavy atom. The van der Waals surface area contributed by atoms with E-state index in [1.165, 1.54) is 24.8 Å². The zero-order valence-electron chi connectivity index (χ0n) is 12.1. The van der Waals surface area contributed by atoms with Gasteiger partial charge in [0, 0.05) is 11.5 Å². The number of carbonyl (C=O) groups is 1. The molecule has 3 rings (SSSR count). The fraction of sp³-hybridized carbons (Fsp3) is 0.611. The smallest absolute Gasteiger partial charge is 0.166 e. The maximum atomic E-state index is 12.6. The summed E-state index contributed by atoms with van der Waals surface area (Å²) in [6.07, 6.45) is 6.26. The summed E-state index contributed by atoms with van der Waals surface area (Å²) in [5.74, 6) is 2.85. The molecule has 4 unspecified atom stereocenters. The number of fused-ring (bicyclic) bond motifs is 2. The normalized spacial score (nSPS) is 30.5. The Morgan fingerprint density at radius 2 is 1.95 bits per heavy atom. The topological polar surface area (TPSA) is 17.1 Å². The lowest BCUT2D eigenvalue weighted by molar-refractivity contribution is 0.0874. The van der Waals surface area contributed by atoms with Crippen LogP contribution in [0.1, 0.15) is 67.8 Å². The van der Waals surface area contributed by atoms with Crippen LogP contribution in [0, 0.1) is 17.8 Å². The summed E-state index contributed by atoms with van der Waals surface area (Å²) in [6, 6.07) is 8.40. The molecule has 0 spiro atoms. The van der Waals surface area contributed by atoms with Crippen molar-refractivity contribution in [2.45, 2.75) is 51.9 Å². The molecule has 0 heterocycles. The van der Waals surface area contributed by atoms with Gasteiger partial charge in [0.15, 0.2) is 5.78 Å². The van der Waals surface area contributed by atoms with Crippen LogP contribution in [0.25, 0.3) is 0 Å². The van der Waals surface area contributed by atoms with E-state index in [4.69, 9.17) is 0 Å². The van der Waals surface area contributed by atoms with Gasteiger partial charge in [-0.15, -0.1) is 0 Å². The van der Waals surface area contributed by atoms with Crippen LogP contribution in [0.15, 0.2) is 24.3 Å². The maximum absolute atomic E-state index is 12.6. The first kappa shape index (κ1) is 12.9. The summed E-state index contributed by atoms with van der Waals surface area (Å²) < 4.78 is 0. The Kier molecular flexibility index (Phi) is 3.47. The molecule has 2 aliphatic rings. The van der Waals surface area contributed by atoms with E-state index >= 15 is 0 Å². The number of benzene rings is 1. The average molecular weight is 256 g/mol. The van der Waals surface area contributed by atoms with Crippen LogP contribution in [0.3, 0.4) is 0 Å². The highest BCUT2D eigenvalue weighted by atomic mass is 16.1. The molecule has 1 nitrogen and oxygen atoms in total. The molecular formula is C18H24O. The van der Waals surface area contributed by atoms with Gasteiger partial charge in [-0.2, -0.15) is 0 Å². The zero-order valence-corrected chi connectivity index (χ0v) is 12.1. The van der Waals surface area contributed by atoms with Crippen LogP contribution in [-0.2, 0) is 0 Å². The number of rotatable bonds is 4. The second-order valence-electron chi connectivity index (χ2n) is 6.58. The van der Waals surface area contributed by atoms with Crippen molar-refractivity contribution < 1.29 is 4.79 Å². The predicted molar refractivity (Wildman–Crippen MR) is 78.4 cm³/mol. The second kappa shape index (κ2) is 5.11. The van der Waals surface area contributed by atoms with Crippen molar-refractivity contribution in [1.82, 2.24) is 0 Å². The minimum Gasteiger partial charge on any atom is -0.294 e. The van der Waals surface area contributed by atoms with E-state index in [1.54, 1.807) is 0 Å². The Hall–Kier alpha value is -1.11. The summed E-state index contributed by atoms with van der Waals surface area (Å²) in [5, 5.41) is 0. The molecule has 1 aromatic carbocycles. The average Bonchev–Trinajstić information content (AvgIpc) is 3.08. The molecular weight excluding hydrogens is 232 g/mol. The van der Waals surface area contributed by atoms with Gasteiger partial charge in [0.1, 0.15) is 0 Å². The molecule has 0 amide bonds. The van der Waals surface area contributed by atoms with E-state index in [-0.39, 0.29) is 0 Å². The van der Waals surface area contributed by atoms with E-state index in [1.807, 2.05) is 0 Å². The molecule has 0 radical (unpaired) electrons. The first-order valence-corrected chi connectivity index (χ1v) is 7.83. The van der Waals surface area contributed by atoms with Crippen molar-refractivity contribution in [3.8, 4) is 0 Å². The van der Waals surface area contributed by atoms with E-state index in [0.29, 0.717) is 23.5 Å².